The molecule has 196 valence electrons. The van der Waals surface area contributed by atoms with Crippen LogP contribution in [-0.4, -0.2) is 35.1 Å². The number of imidazole rings is 1. The first kappa shape index (κ1) is 25.0. The fourth-order valence-corrected chi connectivity index (χ4v) is 5.58. The zero-order valence-corrected chi connectivity index (χ0v) is 22.2. The van der Waals surface area contributed by atoms with Crippen molar-refractivity contribution in [1.82, 2.24) is 9.71 Å². The van der Waals surface area contributed by atoms with Gasteiger partial charge in [0.1, 0.15) is 17.6 Å². The van der Waals surface area contributed by atoms with Crippen LogP contribution < -0.4 is 19.7 Å². The fourth-order valence-electron chi connectivity index (χ4n) is 5.15. The maximum Gasteiger partial charge on any atom is 0.411 e. The van der Waals surface area contributed by atoms with E-state index in [0.29, 0.717) is 62.9 Å². The molecule has 2 aromatic heterocycles. The van der Waals surface area contributed by atoms with Crippen molar-refractivity contribution in [2.45, 2.75) is 18.4 Å². The highest BCUT2D eigenvalue weighted by Gasteiger charge is 2.57. The van der Waals surface area contributed by atoms with E-state index in [9.17, 15) is 15.2 Å². The zero-order chi connectivity index (χ0) is 27.5. The molecule has 0 fully saturated rings. The highest BCUT2D eigenvalue weighted by Crippen LogP contribution is 2.49. The molecule has 1 atom stereocenters. The van der Waals surface area contributed by atoms with Gasteiger partial charge in [-0.25, -0.2) is 9.78 Å². The topological polar surface area (TPSA) is 123 Å². The Kier molecular flexibility index (Phi) is 5.88. The normalized spacial score (nSPS) is 16.5. The van der Waals surface area contributed by atoms with Gasteiger partial charge >= 0.3 is 6.09 Å². The summed E-state index contributed by atoms with van der Waals surface area (Å²) in [6.45, 7) is 0. The molecule has 39 heavy (non-hydrogen) atoms. The smallest absolute Gasteiger partial charge is 0.411 e. The fraction of sp³-hybridized carbons (Fsp3) is 0.185. The largest absolute Gasteiger partial charge is 0.496 e. The lowest BCUT2D eigenvalue weighted by molar-refractivity contribution is -0.917. The summed E-state index contributed by atoms with van der Waals surface area (Å²) in [5.74, 6) is 0.743. The molecule has 0 bridgehead atoms. The van der Waals surface area contributed by atoms with E-state index in [1.54, 1.807) is 55.8 Å². The Morgan fingerprint density at radius 1 is 1.23 bits per heavy atom. The Morgan fingerprint density at radius 2 is 2.00 bits per heavy atom. The molecule has 6 rings (SSSR count). The Bertz CT molecular complexity index is 1710. The van der Waals surface area contributed by atoms with Gasteiger partial charge in [-0.2, -0.15) is 5.26 Å². The van der Waals surface area contributed by atoms with Crippen LogP contribution in [0, 0.1) is 11.3 Å². The molecule has 3 heterocycles. The summed E-state index contributed by atoms with van der Waals surface area (Å²) in [4.78, 5) is 22.3. The van der Waals surface area contributed by atoms with Crippen LogP contribution >= 0.6 is 23.2 Å². The number of pyridine rings is 1. The molecular formula is C27H20Cl2N5O5+. The molecule has 1 unspecified atom stereocenters. The van der Waals surface area contributed by atoms with Crippen LogP contribution in [0.5, 0.6) is 5.75 Å². The van der Waals surface area contributed by atoms with Crippen molar-refractivity contribution in [3.05, 3.63) is 81.5 Å². The Balaban J connectivity index is 1.48. The van der Waals surface area contributed by atoms with Gasteiger partial charge in [-0.15, -0.1) is 4.94 Å². The average molecular weight is 565 g/mol. The van der Waals surface area contributed by atoms with Crippen molar-refractivity contribution in [2.24, 2.45) is 0 Å². The standard InChI is InChI=1S/C27H19Cl2N5O5/c1-37-22-18-9-10-27(36)23(18)33(13-20(22)19-11-16(28)6-3-15(19)12-30)39-34-24(29)21(32-25(27)34)14-4-7-17(8-5-14)31-26(35)38-2/h3-8,11,13,36H,9-10H2,1-2H3/p+1. The zero-order valence-electron chi connectivity index (χ0n) is 20.7. The number of aromatic nitrogens is 3. The molecule has 4 aromatic rings. The second-order valence-electron chi connectivity index (χ2n) is 9.04. The number of anilines is 1. The predicted molar refractivity (Wildman–Crippen MR) is 140 cm³/mol. The van der Waals surface area contributed by atoms with E-state index in [2.05, 4.69) is 21.1 Å². The number of hydrogen-bond acceptors (Lipinski definition) is 7. The number of halogens is 2. The third kappa shape index (κ3) is 3.78. The van der Waals surface area contributed by atoms with Crippen LogP contribution in [-0.2, 0) is 16.8 Å². The summed E-state index contributed by atoms with van der Waals surface area (Å²) >= 11 is 13.0. The van der Waals surface area contributed by atoms with E-state index in [1.165, 1.54) is 16.6 Å². The Hall–Kier alpha value is -4.30. The summed E-state index contributed by atoms with van der Waals surface area (Å²) in [5.41, 5.74) is 2.80. The van der Waals surface area contributed by atoms with Crippen LogP contribution in [0.1, 0.15) is 29.1 Å². The van der Waals surface area contributed by atoms with Gasteiger partial charge in [0.15, 0.2) is 5.69 Å². The average Bonchev–Trinajstić information content (AvgIpc) is 3.47. The second kappa shape index (κ2) is 9.17. The molecule has 0 radical (unpaired) electrons. The number of fused-ring (bicyclic) bond motifs is 2. The van der Waals surface area contributed by atoms with E-state index < -0.39 is 11.7 Å². The van der Waals surface area contributed by atoms with Gasteiger partial charge < -0.3 is 14.6 Å². The van der Waals surface area contributed by atoms with Crippen molar-refractivity contribution < 1.29 is 29.0 Å². The first-order chi connectivity index (χ1) is 18.8. The number of carbonyl (C=O) groups excluding carboxylic acids is 1. The second-order valence-corrected chi connectivity index (χ2v) is 9.83. The molecule has 1 aliphatic heterocycles. The highest BCUT2D eigenvalue weighted by atomic mass is 35.5. The minimum atomic E-state index is -1.51. The van der Waals surface area contributed by atoms with E-state index in [-0.39, 0.29) is 11.0 Å². The number of nitrogens with zero attached hydrogens (tertiary/aromatic N) is 4. The van der Waals surface area contributed by atoms with Gasteiger partial charge in [0.05, 0.1) is 31.4 Å². The molecule has 1 amide bonds. The lowest BCUT2D eigenvalue weighted by Gasteiger charge is -2.24. The van der Waals surface area contributed by atoms with Gasteiger partial charge in [0, 0.05) is 32.1 Å². The maximum absolute atomic E-state index is 12.0. The van der Waals surface area contributed by atoms with E-state index in [0.717, 1.165) is 5.56 Å². The summed E-state index contributed by atoms with van der Waals surface area (Å²) in [5, 5.41) is 24.9. The van der Waals surface area contributed by atoms with Crippen molar-refractivity contribution in [3.63, 3.8) is 0 Å². The third-order valence-electron chi connectivity index (χ3n) is 6.91. The van der Waals surface area contributed by atoms with Gasteiger partial charge in [-0.3, -0.25) is 5.32 Å². The summed E-state index contributed by atoms with van der Waals surface area (Å²) < 4.78 is 13.2. The van der Waals surface area contributed by atoms with Crippen molar-refractivity contribution in [1.29, 1.82) is 5.26 Å². The lowest BCUT2D eigenvalue weighted by Crippen LogP contribution is -2.58. The molecular weight excluding hydrogens is 545 g/mol. The van der Waals surface area contributed by atoms with Crippen LogP contribution in [0.3, 0.4) is 0 Å². The number of rotatable bonds is 4. The summed E-state index contributed by atoms with van der Waals surface area (Å²) in [6, 6.07) is 14.0. The number of nitrogens with one attached hydrogen (secondary N) is 1. The minimum Gasteiger partial charge on any atom is -0.496 e. The van der Waals surface area contributed by atoms with Crippen LogP contribution in [0.25, 0.3) is 22.4 Å². The van der Waals surface area contributed by atoms with Crippen molar-refractivity contribution >= 4 is 35.0 Å². The first-order valence-corrected chi connectivity index (χ1v) is 12.6. The predicted octanol–water partition coefficient (Wildman–Crippen LogP) is 4.26. The summed E-state index contributed by atoms with van der Waals surface area (Å²) in [6.07, 6.45) is 1.82. The van der Waals surface area contributed by atoms with Gasteiger partial charge in [0.25, 0.3) is 11.0 Å². The molecule has 2 aromatic carbocycles. The van der Waals surface area contributed by atoms with Crippen molar-refractivity contribution in [2.75, 3.05) is 19.5 Å². The lowest BCUT2D eigenvalue weighted by atomic mass is 9.96. The van der Waals surface area contributed by atoms with Gasteiger partial charge in [-0.05, 0) is 59.5 Å². The van der Waals surface area contributed by atoms with E-state index in [4.69, 9.17) is 32.9 Å². The molecule has 10 nitrogen and oxygen atoms in total. The highest BCUT2D eigenvalue weighted by molar-refractivity contribution is 6.32. The van der Waals surface area contributed by atoms with Crippen molar-refractivity contribution in [3.8, 4) is 34.2 Å². The molecule has 0 spiro atoms. The first-order valence-electron chi connectivity index (χ1n) is 11.8. The molecule has 0 saturated carbocycles. The number of nitriles is 1. The number of carbonyl (C=O) groups is 1. The summed E-state index contributed by atoms with van der Waals surface area (Å²) in [7, 11) is 2.82. The number of ether oxygens (including phenoxy) is 2. The monoisotopic (exact) mass is 564 g/mol. The van der Waals surface area contributed by atoms with Crippen LogP contribution in [0.4, 0.5) is 10.5 Å². The Morgan fingerprint density at radius 3 is 2.69 bits per heavy atom. The van der Waals surface area contributed by atoms with Gasteiger partial charge in [0.2, 0.25) is 5.60 Å². The maximum atomic E-state index is 12.0. The SMILES string of the molecule is COC(=O)Nc1ccc(-c2nc3n(c2Cl)O[n+]2cc(-c4cc(Cl)ccc4C#N)c(OC)c4c2C3(O)CC4)cc1. The number of amides is 1. The number of methoxy groups -OCH3 is 2. The van der Waals surface area contributed by atoms with Crippen LogP contribution in [0.15, 0.2) is 48.7 Å². The molecule has 0 saturated heterocycles. The van der Waals surface area contributed by atoms with Crippen LogP contribution in [0.2, 0.25) is 10.2 Å². The number of benzene rings is 2. The number of aliphatic hydroxyl groups is 1. The van der Waals surface area contributed by atoms with E-state index in [1.807, 2.05) is 0 Å². The Labute approximate surface area is 232 Å². The minimum absolute atomic E-state index is 0.150. The quantitative estimate of drug-likeness (QED) is 0.355. The molecule has 1 aliphatic carbocycles. The third-order valence-corrected chi connectivity index (χ3v) is 7.48. The van der Waals surface area contributed by atoms with Gasteiger partial charge in [-0.1, -0.05) is 23.7 Å². The molecule has 12 heteroatoms. The molecule has 2 aliphatic rings. The number of hydrogen-bond donors (Lipinski definition) is 2. The molecule has 2 N–H and O–H groups in total. The van der Waals surface area contributed by atoms with E-state index >= 15 is 0 Å².